The minimum absolute atomic E-state index is 0.0501. The number of alkyl halides is 3. The molecule has 2 nitrogen and oxygen atoms in total. The molecule has 0 rings (SSSR count). The van der Waals surface area contributed by atoms with Gasteiger partial charge in [0.2, 0.25) is 0 Å². The van der Waals surface area contributed by atoms with Crippen molar-refractivity contribution < 1.29 is 13.2 Å². The third kappa shape index (κ3) is 8.97. The molecule has 0 aromatic heterocycles. The second kappa shape index (κ2) is 7.90. The molecule has 0 aromatic carbocycles. The molecule has 5 heteroatoms. The lowest BCUT2D eigenvalue weighted by Crippen LogP contribution is -2.39. The van der Waals surface area contributed by atoms with Crippen molar-refractivity contribution in [2.45, 2.75) is 45.3 Å². The van der Waals surface area contributed by atoms with E-state index in [1.807, 2.05) is 7.05 Å². The molecule has 0 unspecified atom stereocenters. The van der Waals surface area contributed by atoms with E-state index in [1.54, 1.807) is 13.8 Å². The monoisotopic (exact) mass is 240 g/mol. The van der Waals surface area contributed by atoms with Gasteiger partial charge in [0, 0.05) is 6.04 Å². The Hall–Kier alpha value is -0.290. The summed E-state index contributed by atoms with van der Waals surface area (Å²) in [6.45, 7) is 4.28. The number of unbranched alkanes of at least 4 members (excludes halogenated alkanes) is 2. The van der Waals surface area contributed by atoms with E-state index in [-0.39, 0.29) is 6.04 Å². The van der Waals surface area contributed by atoms with Gasteiger partial charge >= 0.3 is 6.18 Å². The van der Waals surface area contributed by atoms with Gasteiger partial charge in [-0.1, -0.05) is 6.42 Å². The highest BCUT2D eigenvalue weighted by atomic mass is 19.4. The van der Waals surface area contributed by atoms with Gasteiger partial charge in [-0.25, -0.2) is 0 Å². The Balaban J connectivity index is 3.78. The van der Waals surface area contributed by atoms with E-state index < -0.39 is 12.7 Å². The Bertz CT molecular complexity index is 169. The van der Waals surface area contributed by atoms with Crippen LogP contribution in [-0.4, -0.2) is 43.8 Å². The minimum atomic E-state index is -4.09. The molecule has 0 aliphatic carbocycles. The normalized spacial score (nSPS) is 12.8. The number of nitrogens with one attached hydrogen (secondary N) is 1. The molecule has 0 spiro atoms. The Kier molecular flexibility index (Phi) is 7.76. The first-order valence-electron chi connectivity index (χ1n) is 5.82. The molecule has 16 heavy (non-hydrogen) atoms. The molecule has 0 bridgehead atoms. The van der Waals surface area contributed by atoms with Gasteiger partial charge in [-0.3, -0.25) is 4.90 Å². The van der Waals surface area contributed by atoms with Crippen molar-refractivity contribution in [2.24, 2.45) is 0 Å². The number of hydrogen-bond acceptors (Lipinski definition) is 2. The smallest absolute Gasteiger partial charge is 0.320 e. The van der Waals surface area contributed by atoms with Crippen molar-refractivity contribution >= 4 is 0 Å². The summed E-state index contributed by atoms with van der Waals surface area (Å²) in [5.41, 5.74) is 0. The largest absolute Gasteiger partial charge is 0.401 e. The van der Waals surface area contributed by atoms with Crippen LogP contribution in [0.2, 0.25) is 0 Å². The van der Waals surface area contributed by atoms with Gasteiger partial charge < -0.3 is 5.32 Å². The Morgan fingerprint density at radius 3 is 2.19 bits per heavy atom. The number of rotatable bonds is 8. The Morgan fingerprint density at radius 2 is 1.75 bits per heavy atom. The van der Waals surface area contributed by atoms with Gasteiger partial charge in [-0.2, -0.15) is 13.2 Å². The zero-order valence-electron chi connectivity index (χ0n) is 10.4. The van der Waals surface area contributed by atoms with Gasteiger partial charge in [-0.05, 0) is 46.8 Å². The molecule has 0 aliphatic rings. The van der Waals surface area contributed by atoms with Crippen LogP contribution in [0.3, 0.4) is 0 Å². The lowest BCUT2D eigenvalue weighted by atomic mass is 10.2. The first-order chi connectivity index (χ1) is 7.37. The Morgan fingerprint density at radius 1 is 1.12 bits per heavy atom. The SMILES string of the molecule is CNCCCCCN(CC(F)(F)F)C(C)C. The van der Waals surface area contributed by atoms with E-state index in [1.165, 1.54) is 4.90 Å². The van der Waals surface area contributed by atoms with Crippen molar-refractivity contribution in [3.63, 3.8) is 0 Å². The van der Waals surface area contributed by atoms with E-state index >= 15 is 0 Å². The van der Waals surface area contributed by atoms with E-state index in [0.29, 0.717) is 6.54 Å². The molecule has 0 saturated heterocycles. The van der Waals surface area contributed by atoms with Crippen LogP contribution in [0.15, 0.2) is 0 Å². The summed E-state index contributed by atoms with van der Waals surface area (Å²) < 4.78 is 36.7. The fourth-order valence-corrected chi connectivity index (χ4v) is 1.54. The van der Waals surface area contributed by atoms with Gasteiger partial charge in [-0.15, -0.1) is 0 Å². The van der Waals surface area contributed by atoms with Crippen LogP contribution in [0.5, 0.6) is 0 Å². The van der Waals surface area contributed by atoms with Gasteiger partial charge in [0.25, 0.3) is 0 Å². The van der Waals surface area contributed by atoms with Crippen molar-refractivity contribution in [1.29, 1.82) is 0 Å². The minimum Gasteiger partial charge on any atom is -0.320 e. The fraction of sp³-hybridized carbons (Fsp3) is 1.00. The highest BCUT2D eigenvalue weighted by Crippen LogP contribution is 2.18. The summed E-state index contributed by atoms with van der Waals surface area (Å²) in [6, 6.07) is -0.0501. The predicted octanol–water partition coefficient (Wildman–Crippen LogP) is 2.65. The highest BCUT2D eigenvalue weighted by molar-refractivity contribution is 4.67. The first-order valence-corrected chi connectivity index (χ1v) is 5.82. The summed E-state index contributed by atoms with van der Waals surface area (Å²) in [4.78, 5) is 1.49. The molecule has 98 valence electrons. The number of halogens is 3. The van der Waals surface area contributed by atoms with Gasteiger partial charge in [0.1, 0.15) is 0 Å². The molecule has 0 atom stereocenters. The molecular formula is C11H23F3N2. The predicted molar refractivity (Wildman–Crippen MR) is 60.5 cm³/mol. The topological polar surface area (TPSA) is 15.3 Å². The summed E-state index contributed by atoms with van der Waals surface area (Å²) >= 11 is 0. The van der Waals surface area contributed by atoms with Crippen molar-refractivity contribution in [3.8, 4) is 0 Å². The summed E-state index contributed by atoms with van der Waals surface area (Å²) in [7, 11) is 1.88. The quantitative estimate of drug-likeness (QED) is 0.656. The fourth-order valence-electron chi connectivity index (χ4n) is 1.54. The van der Waals surface area contributed by atoms with Crippen molar-refractivity contribution in [1.82, 2.24) is 10.2 Å². The molecule has 0 amide bonds. The van der Waals surface area contributed by atoms with Crippen LogP contribution in [0, 0.1) is 0 Å². The Labute approximate surface area is 96.2 Å². The zero-order valence-corrected chi connectivity index (χ0v) is 10.4. The maximum Gasteiger partial charge on any atom is 0.401 e. The summed E-state index contributed by atoms with van der Waals surface area (Å²) in [5.74, 6) is 0. The summed E-state index contributed by atoms with van der Waals surface area (Å²) in [5, 5.41) is 3.02. The molecule has 0 fully saturated rings. The third-order valence-corrected chi connectivity index (χ3v) is 2.48. The maximum absolute atomic E-state index is 12.2. The molecule has 0 aliphatic heterocycles. The lowest BCUT2D eigenvalue weighted by Gasteiger charge is -2.27. The second-order valence-corrected chi connectivity index (χ2v) is 4.34. The van der Waals surface area contributed by atoms with Gasteiger partial charge in [0.15, 0.2) is 0 Å². The van der Waals surface area contributed by atoms with E-state index in [2.05, 4.69) is 5.32 Å². The number of nitrogens with zero attached hydrogens (tertiary/aromatic N) is 1. The third-order valence-electron chi connectivity index (χ3n) is 2.48. The average molecular weight is 240 g/mol. The first kappa shape index (κ1) is 15.7. The molecule has 0 saturated carbocycles. The summed E-state index contributed by atoms with van der Waals surface area (Å²) in [6.07, 6.45) is -1.26. The molecular weight excluding hydrogens is 217 g/mol. The van der Waals surface area contributed by atoms with Gasteiger partial charge in [0.05, 0.1) is 6.54 Å². The second-order valence-electron chi connectivity index (χ2n) is 4.34. The zero-order chi connectivity index (χ0) is 12.6. The van der Waals surface area contributed by atoms with Crippen LogP contribution in [0.25, 0.3) is 0 Å². The van der Waals surface area contributed by atoms with Crippen LogP contribution in [-0.2, 0) is 0 Å². The standard InChI is InChI=1S/C11H23F3N2/c1-10(2)16(9-11(12,13)14)8-6-4-5-7-15-3/h10,15H,4-9H2,1-3H3. The van der Waals surface area contributed by atoms with Crippen LogP contribution >= 0.6 is 0 Å². The maximum atomic E-state index is 12.2. The van der Waals surface area contributed by atoms with E-state index in [0.717, 1.165) is 25.8 Å². The highest BCUT2D eigenvalue weighted by Gasteiger charge is 2.31. The lowest BCUT2D eigenvalue weighted by molar-refractivity contribution is -0.149. The molecule has 0 radical (unpaired) electrons. The van der Waals surface area contributed by atoms with Crippen LogP contribution < -0.4 is 5.32 Å². The van der Waals surface area contributed by atoms with Crippen molar-refractivity contribution in [2.75, 3.05) is 26.7 Å². The van der Waals surface area contributed by atoms with E-state index in [9.17, 15) is 13.2 Å². The van der Waals surface area contributed by atoms with Crippen molar-refractivity contribution in [3.05, 3.63) is 0 Å². The number of hydrogen-bond donors (Lipinski definition) is 1. The van der Waals surface area contributed by atoms with Crippen LogP contribution in [0.4, 0.5) is 13.2 Å². The van der Waals surface area contributed by atoms with Crippen LogP contribution in [0.1, 0.15) is 33.1 Å². The average Bonchev–Trinajstić information content (AvgIpc) is 2.13. The molecule has 0 aromatic rings. The molecule has 1 N–H and O–H groups in total. The molecule has 0 heterocycles. The van der Waals surface area contributed by atoms with E-state index in [4.69, 9.17) is 0 Å².